The van der Waals surface area contributed by atoms with Gasteiger partial charge in [0.1, 0.15) is 0 Å². The molecule has 5 nitrogen and oxygen atoms in total. The molecule has 1 heterocycles. The second-order valence-corrected chi connectivity index (χ2v) is 4.07. The van der Waals surface area contributed by atoms with E-state index in [1.54, 1.807) is 24.6 Å². The van der Waals surface area contributed by atoms with Gasteiger partial charge in [0.2, 0.25) is 0 Å². The summed E-state index contributed by atoms with van der Waals surface area (Å²) >= 11 is 1.08. The topological polar surface area (TPSA) is 65.1 Å². The van der Waals surface area contributed by atoms with E-state index in [1.165, 1.54) is 16.7 Å². The molecule has 0 spiro atoms. The summed E-state index contributed by atoms with van der Waals surface area (Å²) < 4.78 is 1.48. The number of nitrogens with zero attached hydrogens (tertiary/aromatic N) is 2. The molecule has 6 heteroatoms. The Morgan fingerprint density at radius 1 is 1.44 bits per heavy atom. The molecule has 0 aliphatic heterocycles. The fourth-order valence-corrected chi connectivity index (χ4v) is 2.17. The van der Waals surface area contributed by atoms with Gasteiger partial charge in [0, 0.05) is 30.1 Å². The quantitative estimate of drug-likeness (QED) is 0.592. The highest BCUT2D eigenvalue weighted by Gasteiger charge is 2.10. The van der Waals surface area contributed by atoms with Crippen molar-refractivity contribution in [2.24, 2.45) is 7.05 Å². The summed E-state index contributed by atoms with van der Waals surface area (Å²) in [5, 5.41) is 12.3. The number of nitro benzene ring substituents is 1. The zero-order chi connectivity index (χ0) is 11.7. The Balaban J connectivity index is 2.57. The van der Waals surface area contributed by atoms with Crippen LogP contribution in [0.1, 0.15) is 0 Å². The molecule has 0 bridgehead atoms. The second kappa shape index (κ2) is 3.90. The lowest BCUT2D eigenvalue weighted by molar-refractivity contribution is -0.384. The maximum atomic E-state index is 11.3. The largest absolute Gasteiger partial charge is 0.307 e. The van der Waals surface area contributed by atoms with Crippen LogP contribution in [0.3, 0.4) is 0 Å². The van der Waals surface area contributed by atoms with Crippen molar-refractivity contribution in [1.82, 2.24) is 4.57 Å². The van der Waals surface area contributed by atoms with E-state index < -0.39 is 4.92 Å². The van der Waals surface area contributed by atoms with Crippen LogP contribution in [0.2, 0.25) is 0 Å². The zero-order valence-corrected chi connectivity index (χ0v) is 9.23. The molecule has 0 radical (unpaired) electrons. The summed E-state index contributed by atoms with van der Waals surface area (Å²) in [4.78, 5) is 21.4. The highest BCUT2D eigenvalue weighted by molar-refractivity contribution is 7.07. The van der Waals surface area contributed by atoms with E-state index in [1.807, 2.05) is 0 Å². The molecule has 0 atom stereocenters. The first-order chi connectivity index (χ1) is 7.59. The Morgan fingerprint density at radius 2 is 2.19 bits per heavy atom. The fourth-order valence-electron chi connectivity index (χ4n) is 1.40. The number of aromatic nitrogens is 1. The van der Waals surface area contributed by atoms with Crippen molar-refractivity contribution in [2.45, 2.75) is 0 Å². The van der Waals surface area contributed by atoms with E-state index >= 15 is 0 Å². The van der Waals surface area contributed by atoms with Crippen molar-refractivity contribution in [3.8, 4) is 11.3 Å². The number of benzene rings is 1. The van der Waals surface area contributed by atoms with Gasteiger partial charge >= 0.3 is 4.87 Å². The Morgan fingerprint density at radius 3 is 2.75 bits per heavy atom. The van der Waals surface area contributed by atoms with Crippen LogP contribution in [0.5, 0.6) is 0 Å². The molecule has 0 saturated heterocycles. The molecule has 0 N–H and O–H groups in total. The Kier molecular flexibility index (Phi) is 2.57. The van der Waals surface area contributed by atoms with E-state index in [-0.39, 0.29) is 10.6 Å². The minimum absolute atomic E-state index is 0.0242. The molecule has 1 aromatic carbocycles. The van der Waals surface area contributed by atoms with Crippen LogP contribution in [-0.2, 0) is 7.05 Å². The van der Waals surface area contributed by atoms with E-state index in [2.05, 4.69) is 0 Å². The second-order valence-electron chi connectivity index (χ2n) is 3.25. The Bertz CT molecular complexity index is 600. The third kappa shape index (κ3) is 1.74. The number of non-ortho nitro benzene ring substituents is 1. The van der Waals surface area contributed by atoms with Crippen molar-refractivity contribution in [2.75, 3.05) is 0 Å². The normalized spacial score (nSPS) is 10.3. The molecule has 0 amide bonds. The van der Waals surface area contributed by atoms with E-state index in [9.17, 15) is 14.9 Å². The van der Waals surface area contributed by atoms with Crippen molar-refractivity contribution in [3.05, 3.63) is 49.4 Å². The van der Waals surface area contributed by atoms with Gasteiger partial charge in [0.15, 0.2) is 0 Å². The predicted octanol–water partition coefficient (Wildman–Crippen LogP) is 2.02. The van der Waals surface area contributed by atoms with E-state index in [0.29, 0.717) is 11.3 Å². The first-order valence-corrected chi connectivity index (χ1v) is 5.37. The molecule has 0 fully saturated rings. The SMILES string of the molecule is Cn1c(-c2cccc([N+](=O)[O-])c2)csc1=O. The maximum Gasteiger partial charge on any atom is 0.307 e. The molecule has 0 aliphatic rings. The standard InChI is InChI=1S/C10H8N2O3S/c1-11-9(6-16-10(11)13)7-3-2-4-8(5-7)12(14)15/h2-6H,1H3. The van der Waals surface area contributed by atoms with Crippen molar-refractivity contribution >= 4 is 17.0 Å². The number of rotatable bonds is 2. The lowest BCUT2D eigenvalue weighted by atomic mass is 10.1. The van der Waals surface area contributed by atoms with Gasteiger partial charge in [0.25, 0.3) is 5.69 Å². The van der Waals surface area contributed by atoms with Crippen LogP contribution >= 0.6 is 11.3 Å². The Labute approximate surface area is 94.7 Å². The first-order valence-electron chi connectivity index (χ1n) is 4.49. The summed E-state index contributed by atoms with van der Waals surface area (Å²) in [5.74, 6) is 0. The molecule has 0 aliphatic carbocycles. The number of hydrogen-bond acceptors (Lipinski definition) is 4. The van der Waals surface area contributed by atoms with Crippen molar-refractivity contribution in [3.63, 3.8) is 0 Å². The van der Waals surface area contributed by atoms with Crippen molar-refractivity contribution < 1.29 is 4.92 Å². The average molecular weight is 236 g/mol. The molecule has 16 heavy (non-hydrogen) atoms. The number of nitro groups is 1. The highest BCUT2D eigenvalue weighted by Crippen LogP contribution is 2.23. The maximum absolute atomic E-state index is 11.3. The fraction of sp³-hybridized carbons (Fsp3) is 0.100. The van der Waals surface area contributed by atoms with Gasteiger partial charge in [-0.25, -0.2) is 0 Å². The van der Waals surface area contributed by atoms with Crippen LogP contribution in [-0.4, -0.2) is 9.49 Å². The molecule has 1 aromatic heterocycles. The lowest BCUT2D eigenvalue weighted by Crippen LogP contribution is -2.08. The van der Waals surface area contributed by atoms with E-state index in [0.717, 1.165) is 11.3 Å². The molecule has 0 saturated carbocycles. The summed E-state index contributed by atoms with van der Waals surface area (Å²) in [7, 11) is 1.65. The lowest BCUT2D eigenvalue weighted by Gasteiger charge is -2.01. The van der Waals surface area contributed by atoms with Gasteiger partial charge in [-0.3, -0.25) is 14.9 Å². The van der Waals surface area contributed by atoms with Crippen LogP contribution in [0, 0.1) is 10.1 Å². The minimum Gasteiger partial charge on any atom is -0.302 e. The van der Waals surface area contributed by atoms with Crippen LogP contribution in [0.25, 0.3) is 11.3 Å². The van der Waals surface area contributed by atoms with Crippen LogP contribution in [0.4, 0.5) is 5.69 Å². The monoisotopic (exact) mass is 236 g/mol. The molecule has 2 rings (SSSR count). The Hall–Kier alpha value is -1.95. The molecule has 0 unspecified atom stereocenters. The summed E-state index contributed by atoms with van der Waals surface area (Å²) in [6, 6.07) is 6.24. The summed E-state index contributed by atoms with van der Waals surface area (Å²) in [6.45, 7) is 0. The van der Waals surface area contributed by atoms with Crippen LogP contribution in [0.15, 0.2) is 34.4 Å². The average Bonchev–Trinajstić information content (AvgIpc) is 2.60. The summed E-state index contributed by atoms with van der Waals surface area (Å²) in [6.07, 6.45) is 0. The molecule has 2 aromatic rings. The van der Waals surface area contributed by atoms with Gasteiger partial charge in [-0.15, -0.1) is 0 Å². The van der Waals surface area contributed by atoms with Crippen molar-refractivity contribution in [1.29, 1.82) is 0 Å². The summed E-state index contributed by atoms with van der Waals surface area (Å²) in [5.41, 5.74) is 1.39. The van der Waals surface area contributed by atoms with Gasteiger partial charge in [-0.1, -0.05) is 23.5 Å². The number of thiazole rings is 1. The van der Waals surface area contributed by atoms with E-state index in [4.69, 9.17) is 0 Å². The first kappa shape index (κ1) is 10.6. The third-order valence-electron chi connectivity index (χ3n) is 2.26. The number of hydrogen-bond donors (Lipinski definition) is 0. The smallest absolute Gasteiger partial charge is 0.302 e. The minimum atomic E-state index is -0.450. The third-order valence-corrected chi connectivity index (χ3v) is 3.08. The zero-order valence-electron chi connectivity index (χ0n) is 8.41. The van der Waals surface area contributed by atoms with Gasteiger partial charge in [-0.2, -0.15) is 0 Å². The van der Waals surface area contributed by atoms with Gasteiger partial charge in [-0.05, 0) is 0 Å². The molecular weight excluding hydrogens is 228 g/mol. The van der Waals surface area contributed by atoms with Gasteiger partial charge < -0.3 is 4.57 Å². The van der Waals surface area contributed by atoms with Crippen LogP contribution < -0.4 is 4.87 Å². The highest BCUT2D eigenvalue weighted by atomic mass is 32.1. The van der Waals surface area contributed by atoms with Gasteiger partial charge in [0.05, 0.1) is 10.6 Å². The molecule has 82 valence electrons. The predicted molar refractivity (Wildman–Crippen MR) is 61.7 cm³/mol. The molecular formula is C10H8N2O3S.